The van der Waals surface area contributed by atoms with Crippen LogP contribution in [0.25, 0.3) is 0 Å². The van der Waals surface area contributed by atoms with Crippen molar-refractivity contribution in [1.82, 2.24) is 4.57 Å². The normalized spacial score (nSPS) is 8.50. The molecule has 0 saturated carbocycles. The van der Waals surface area contributed by atoms with Crippen LogP contribution in [0, 0.1) is 0 Å². The predicted octanol–water partition coefficient (Wildman–Crippen LogP) is -9.03. The molecule has 1 rings (SSSR count). The molecule has 0 unspecified atom stereocenters. The number of carboxylic acids is 2. The molecular weight excluding hydrogens is 268 g/mol. The fourth-order valence-electron chi connectivity index (χ4n) is 0.915. The summed E-state index contributed by atoms with van der Waals surface area (Å²) in [5.41, 5.74) is -0.870. The minimum absolute atomic E-state index is 0. The number of nitrogens with zero attached hydrogens (tertiary/aromatic N) is 1. The molecule has 74 valence electrons. The van der Waals surface area contributed by atoms with Gasteiger partial charge in [0, 0.05) is 17.8 Å². The Balaban J connectivity index is 0. The first-order valence-electron chi connectivity index (χ1n) is 3.62. The quantitative estimate of drug-likeness (QED) is 0.509. The first-order valence-corrected chi connectivity index (χ1v) is 3.62. The second-order valence-corrected chi connectivity index (χ2v) is 2.54. The smallest absolute Gasteiger partial charge is 0.548 e. The molecule has 0 N–H and O–H groups in total. The average Bonchev–Trinajstić information content (AvgIpc) is 2.07. The summed E-state index contributed by atoms with van der Waals surface area (Å²) >= 11 is 0. The number of hydrogen-bond donors (Lipinski definition) is 0. The maximum absolute atomic E-state index is 11.0. The zero-order chi connectivity index (χ0) is 10.7. The van der Waals surface area contributed by atoms with Crippen LogP contribution in [0.15, 0.2) is 23.1 Å². The molecule has 0 aliphatic carbocycles. The Morgan fingerprint density at radius 1 is 1.19 bits per heavy atom. The van der Waals surface area contributed by atoms with Crippen LogP contribution >= 0.6 is 0 Å². The maximum Gasteiger partial charge on any atom is 1.00 e. The fraction of sp³-hybridized carbons (Fsp3) is 0.125. The molecule has 1 heterocycles. The number of carboxylic acid groups (broad SMARTS) is 2. The van der Waals surface area contributed by atoms with E-state index in [1.54, 1.807) is 0 Å². The van der Waals surface area contributed by atoms with E-state index in [1.807, 2.05) is 0 Å². The summed E-state index contributed by atoms with van der Waals surface area (Å²) in [5, 5.41) is 20.5. The summed E-state index contributed by atoms with van der Waals surface area (Å²) in [6, 6.07) is 2.00. The molecule has 0 amide bonds. The maximum atomic E-state index is 11.0. The number of carbonyl (C=O) groups is 2. The second kappa shape index (κ2) is 9.14. The van der Waals surface area contributed by atoms with Gasteiger partial charge in [-0.2, -0.15) is 0 Å². The Morgan fingerprint density at radius 2 is 1.75 bits per heavy atom. The summed E-state index contributed by atoms with van der Waals surface area (Å²) in [7, 11) is 0. The number of aromatic nitrogens is 1. The molecule has 0 spiro atoms. The third-order valence-corrected chi connectivity index (χ3v) is 1.52. The SMILES string of the molecule is O=C([O-])Cn1cc(C(=O)[O-])ccc1=O.[K+].[K+]. The van der Waals surface area contributed by atoms with Crippen molar-refractivity contribution in [3.63, 3.8) is 0 Å². The zero-order valence-corrected chi connectivity index (χ0v) is 15.2. The number of pyridine rings is 1. The van der Waals surface area contributed by atoms with Crippen LogP contribution in [0.4, 0.5) is 0 Å². The molecule has 16 heavy (non-hydrogen) atoms. The third kappa shape index (κ3) is 6.19. The van der Waals surface area contributed by atoms with Gasteiger partial charge in [0.2, 0.25) is 0 Å². The van der Waals surface area contributed by atoms with Crippen LogP contribution in [0.3, 0.4) is 0 Å². The first-order chi connectivity index (χ1) is 6.50. The van der Waals surface area contributed by atoms with E-state index in [2.05, 4.69) is 0 Å². The van der Waals surface area contributed by atoms with Crippen molar-refractivity contribution < 1.29 is 123 Å². The predicted molar refractivity (Wildman–Crippen MR) is 40.0 cm³/mol. The van der Waals surface area contributed by atoms with Crippen molar-refractivity contribution in [1.29, 1.82) is 0 Å². The van der Waals surface area contributed by atoms with Gasteiger partial charge in [0.05, 0.1) is 18.5 Å². The van der Waals surface area contributed by atoms with Crippen molar-refractivity contribution in [3.05, 3.63) is 34.2 Å². The topological polar surface area (TPSA) is 102 Å². The van der Waals surface area contributed by atoms with E-state index in [4.69, 9.17) is 0 Å². The average molecular weight is 273 g/mol. The second-order valence-electron chi connectivity index (χ2n) is 2.54. The summed E-state index contributed by atoms with van der Waals surface area (Å²) in [6.07, 6.45) is 0.896. The van der Waals surface area contributed by atoms with E-state index in [0.717, 1.165) is 22.9 Å². The van der Waals surface area contributed by atoms with Crippen LogP contribution in [0.1, 0.15) is 10.4 Å². The molecule has 0 bridgehead atoms. The number of carbonyl (C=O) groups excluding carboxylic acids is 2. The van der Waals surface area contributed by atoms with Crippen molar-refractivity contribution >= 4 is 11.9 Å². The van der Waals surface area contributed by atoms with E-state index in [-0.39, 0.29) is 108 Å². The number of rotatable bonds is 3. The van der Waals surface area contributed by atoms with Crippen molar-refractivity contribution in [3.8, 4) is 0 Å². The molecule has 0 aromatic carbocycles. The standard InChI is InChI=1S/C8H7NO5.2K/c10-6-2-1-5(8(13)14)3-9(6)4-7(11)12;;/h1-3H,4H2,(H,11,12)(H,13,14);;/q;2*+1/p-2. The Hall–Kier alpha value is 1.16. The van der Waals surface area contributed by atoms with Crippen LogP contribution < -0.4 is 119 Å². The molecule has 1 aromatic rings. The van der Waals surface area contributed by atoms with Gasteiger partial charge in [-0.3, -0.25) is 4.79 Å². The molecule has 0 radical (unpaired) electrons. The molecule has 8 heteroatoms. The summed E-state index contributed by atoms with van der Waals surface area (Å²) in [4.78, 5) is 31.5. The van der Waals surface area contributed by atoms with Gasteiger partial charge in [0.25, 0.3) is 5.56 Å². The minimum atomic E-state index is -1.47. The Bertz CT molecular complexity index is 442. The molecule has 0 fully saturated rings. The number of aromatic carboxylic acids is 1. The van der Waals surface area contributed by atoms with Crippen molar-refractivity contribution in [2.75, 3.05) is 0 Å². The van der Waals surface area contributed by atoms with Gasteiger partial charge in [0.15, 0.2) is 0 Å². The van der Waals surface area contributed by atoms with Crippen molar-refractivity contribution in [2.24, 2.45) is 0 Å². The Kier molecular flexibility index (Phi) is 11.1. The molecule has 6 nitrogen and oxygen atoms in total. The van der Waals surface area contributed by atoms with Gasteiger partial charge < -0.3 is 24.4 Å². The monoisotopic (exact) mass is 273 g/mol. The molecule has 0 aliphatic heterocycles. The fourth-order valence-corrected chi connectivity index (χ4v) is 0.915. The van der Waals surface area contributed by atoms with Crippen LogP contribution in [-0.4, -0.2) is 16.5 Å². The Morgan fingerprint density at radius 3 is 2.19 bits per heavy atom. The van der Waals surface area contributed by atoms with Gasteiger partial charge in [-0.05, 0) is 6.07 Å². The summed E-state index contributed by atoms with van der Waals surface area (Å²) < 4.78 is 0.723. The van der Waals surface area contributed by atoms with Gasteiger partial charge in [-0.25, -0.2) is 0 Å². The van der Waals surface area contributed by atoms with E-state index in [0.29, 0.717) is 0 Å². The van der Waals surface area contributed by atoms with Crippen LogP contribution in [0.5, 0.6) is 0 Å². The molecular formula is C8H5K2NO5. The number of aliphatic carboxylic acids is 1. The summed E-state index contributed by atoms with van der Waals surface area (Å²) in [6.45, 7) is -0.681. The third-order valence-electron chi connectivity index (χ3n) is 1.52. The first kappa shape index (κ1) is 19.5. The molecule has 1 aromatic heterocycles. The molecule has 0 saturated heterocycles. The van der Waals surface area contributed by atoms with E-state index >= 15 is 0 Å². The van der Waals surface area contributed by atoms with E-state index < -0.39 is 24.0 Å². The van der Waals surface area contributed by atoms with E-state index in [9.17, 15) is 24.6 Å². The molecule has 0 aliphatic rings. The van der Waals surface area contributed by atoms with Gasteiger partial charge >= 0.3 is 103 Å². The van der Waals surface area contributed by atoms with Crippen LogP contribution in [-0.2, 0) is 11.3 Å². The number of hydrogen-bond acceptors (Lipinski definition) is 5. The van der Waals surface area contributed by atoms with Gasteiger partial charge in [-0.15, -0.1) is 0 Å². The van der Waals surface area contributed by atoms with Crippen LogP contribution in [0.2, 0.25) is 0 Å². The van der Waals surface area contributed by atoms with Gasteiger partial charge in [-0.1, -0.05) is 0 Å². The van der Waals surface area contributed by atoms with Crippen molar-refractivity contribution in [2.45, 2.75) is 6.54 Å². The zero-order valence-electron chi connectivity index (χ0n) is 8.93. The van der Waals surface area contributed by atoms with E-state index in [1.165, 1.54) is 0 Å². The Labute approximate surface area is 176 Å². The largest absolute Gasteiger partial charge is 1.00 e. The summed E-state index contributed by atoms with van der Waals surface area (Å²) in [5.74, 6) is -2.94. The van der Waals surface area contributed by atoms with Gasteiger partial charge in [0.1, 0.15) is 0 Å². The minimum Gasteiger partial charge on any atom is -0.548 e. The molecule has 0 atom stereocenters.